The molecule has 4 aromatic rings. The van der Waals surface area contributed by atoms with Crippen LogP contribution in [0.15, 0.2) is 48.5 Å². The summed E-state index contributed by atoms with van der Waals surface area (Å²) in [6.07, 6.45) is 0. The summed E-state index contributed by atoms with van der Waals surface area (Å²) in [7, 11) is 2.27. The fourth-order valence-electron chi connectivity index (χ4n) is 4.26. The highest BCUT2D eigenvalue weighted by Crippen LogP contribution is 2.42. The Bertz CT molecular complexity index is 1710. The Balaban J connectivity index is 1.96. The standard InChI is InChI=1S/C30H22O14/c1-43-23-9-15(27(39)25(37)11-3-19(33)29(41)20(34)4-11)13(7-17(23)31)14-8-18(32)24(44-2)10-16(14)28(40)26(38)12-5-21(35)30(42)22(36)6-12/h3-10,31-36,41-42H,1-2H3. The van der Waals surface area contributed by atoms with E-state index >= 15 is 0 Å². The van der Waals surface area contributed by atoms with Gasteiger partial charge in [0.15, 0.2) is 57.5 Å². The zero-order valence-corrected chi connectivity index (χ0v) is 22.6. The van der Waals surface area contributed by atoms with Crippen molar-refractivity contribution in [2.75, 3.05) is 14.2 Å². The molecular weight excluding hydrogens is 584 g/mol. The number of benzene rings is 4. The number of ketones is 4. The summed E-state index contributed by atoms with van der Waals surface area (Å²) in [4.78, 5) is 53.5. The van der Waals surface area contributed by atoms with Crippen LogP contribution in [0.1, 0.15) is 41.4 Å². The smallest absolute Gasteiger partial charge is 0.234 e. The second-order valence-electron chi connectivity index (χ2n) is 9.18. The number of methoxy groups -OCH3 is 2. The summed E-state index contributed by atoms with van der Waals surface area (Å²) in [6.45, 7) is 0. The lowest BCUT2D eigenvalue weighted by atomic mass is 9.87. The fourth-order valence-corrected chi connectivity index (χ4v) is 4.26. The second-order valence-corrected chi connectivity index (χ2v) is 9.18. The number of rotatable bonds is 9. The summed E-state index contributed by atoms with van der Waals surface area (Å²) >= 11 is 0. The molecule has 4 aromatic carbocycles. The second kappa shape index (κ2) is 11.4. The average molecular weight is 606 g/mol. The maximum atomic E-state index is 13.5. The molecule has 0 aliphatic heterocycles. The van der Waals surface area contributed by atoms with Crippen molar-refractivity contribution in [3.63, 3.8) is 0 Å². The Morgan fingerprint density at radius 1 is 0.432 bits per heavy atom. The van der Waals surface area contributed by atoms with Gasteiger partial charge in [-0.3, -0.25) is 19.2 Å². The van der Waals surface area contributed by atoms with Gasteiger partial charge >= 0.3 is 0 Å². The highest BCUT2D eigenvalue weighted by molar-refractivity contribution is 6.52. The Morgan fingerprint density at radius 3 is 1.00 bits per heavy atom. The Kier molecular flexibility index (Phi) is 7.94. The molecule has 226 valence electrons. The van der Waals surface area contributed by atoms with E-state index in [1.54, 1.807) is 0 Å². The monoisotopic (exact) mass is 606 g/mol. The maximum absolute atomic E-state index is 13.5. The largest absolute Gasteiger partial charge is 0.504 e. The lowest BCUT2D eigenvalue weighted by Crippen LogP contribution is -2.18. The Hall–Kier alpha value is -6.44. The number of carbonyl (C=O) groups excluding carboxylic acids is 4. The van der Waals surface area contributed by atoms with Crippen molar-refractivity contribution < 1.29 is 69.5 Å². The Morgan fingerprint density at radius 2 is 0.727 bits per heavy atom. The molecule has 0 heterocycles. The van der Waals surface area contributed by atoms with Crippen LogP contribution in [0.4, 0.5) is 0 Å². The van der Waals surface area contributed by atoms with Gasteiger partial charge in [-0.1, -0.05) is 0 Å². The lowest BCUT2D eigenvalue weighted by Gasteiger charge is -2.17. The van der Waals surface area contributed by atoms with Gasteiger partial charge in [0.25, 0.3) is 0 Å². The van der Waals surface area contributed by atoms with Gasteiger partial charge in [-0.05, 0) is 59.7 Å². The number of hydrogen-bond acceptors (Lipinski definition) is 14. The molecule has 0 fully saturated rings. The number of Topliss-reactive ketones (excluding diaryl/α,β-unsaturated/α-hetero) is 4. The van der Waals surface area contributed by atoms with Crippen molar-refractivity contribution in [2.24, 2.45) is 0 Å². The molecule has 0 saturated heterocycles. The third-order valence-electron chi connectivity index (χ3n) is 6.49. The van der Waals surface area contributed by atoms with Crippen LogP contribution in [0.3, 0.4) is 0 Å². The Labute approximate surface area is 246 Å². The molecule has 44 heavy (non-hydrogen) atoms. The van der Waals surface area contributed by atoms with Crippen molar-refractivity contribution in [2.45, 2.75) is 0 Å². The third kappa shape index (κ3) is 5.30. The summed E-state index contributed by atoms with van der Waals surface area (Å²) in [5, 5.41) is 79.6. The van der Waals surface area contributed by atoms with Gasteiger partial charge < -0.3 is 50.3 Å². The number of carbonyl (C=O) groups is 4. The van der Waals surface area contributed by atoms with Gasteiger partial charge in [0.1, 0.15) is 0 Å². The van der Waals surface area contributed by atoms with E-state index in [1.807, 2.05) is 0 Å². The molecule has 14 nitrogen and oxygen atoms in total. The van der Waals surface area contributed by atoms with E-state index in [2.05, 4.69) is 0 Å². The predicted octanol–water partition coefficient (Wildman–Crippen LogP) is 3.15. The van der Waals surface area contributed by atoms with Crippen molar-refractivity contribution in [1.29, 1.82) is 0 Å². The number of aromatic hydroxyl groups is 8. The van der Waals surface area contributed by atoms with Gasteiger partial charge in [0.05, 0.1) is 14.2 Å². The van der Waals surface area contributed by atoms with E-state index in [4.69, 9.17) is 9.47 Å². The summed E-state index contributed by atoms with van der Waals surface area (Å²) in [5.41, 5.74) is -2.95. The molecule has 8 N–H and O–H groups in total. The first-order valence-corrected chi connectivity index (χ1v) is 12.2. The zero-order chi connectivity index (χ0) is 32.6. The number of hydrogen-bond donors (Lipinski definition) is 8. The molecule has 0 saturated carbocycles. The first kappa shape index (κ1) is 30.5. The molecule has 0 amide bonds. The van der Waals surface area contributed by atoms with E-state index in [-0.39, 0.29) is 22.6 Å². The van der Waals surface area contributed by atoms with Crippen LogP contribution in [0.5, 0.6) is 57.5 Å². The van der Waals surface area contributed by atoms with Crippen molar-refractivity contribution in [3.05, 3.63) is 70.8 Å². The summed E-state index contributed by atoms with van der Waals surface area (Å²) in [5.74, 6) is -12.7. The highest BCUT2D eigenvalue weighted by Gasteiger charge is 2.30. The fraction of sp³-hybridized carbons (Fsp3) is 0.0667. The molecule has 0 radical (unpaired) electrons. The van der Waals surface area contributed by atoms with E-state index < -0.39 is 91.4 Å². The van der Waals surface area contributed by atoms with Gasteiger partial charge in [0, 0.05) is 22.3 Å². The van der Waals surface area contributed by atoms with Crippen LogP contribution in [0.2, 0.25) is 0 Å². The highest BCUT2D eigenvalue weighted by atomic mass is 16.5. The summed E-state index contributed by atoms with van der Waals surface area (Å²) in [6, 6.07) is 6.52. The summed E-state index contributed by atoms with van der Waals surface area (Å²) < 4.78 is 10.1. The van der Waals surface area contributed by atoms with Gasteiger partial charge in [-0.2, -0.15) is 0 Å². The third-order valence-corrected chi connectivity index (χ3v) is 6.49. The van der Waals surface area contributed by atoms with E-state index in [9.17, 15) is 60.0 Å². The van der Waals surface area contributed by atoms with E-state index in [1.165, 1.54) is 0 Å². The van der Waals surface area contributed by atoms with Crippen LogP contribution in [0, 0.1) is 0 Å². The first-order valence-electron chi connectivity index (χ1n) is 12.2. The van der Waals surface area contributed by atoms with Crippen LogP contribution in [-0.2, 0) is 0 Å². The van der Waals surface area contributed by atoms with E-state index in [0.29, 0.717) is 24.3 Å². The van der Waals surface area contributed by atoms with Crippen LogP contribution >= 0.6 is 0 Å². The topological polar surface area (TPSA) is 249 Å². The SMILES string of the molecule is COc1cc(C(=O)C(=O)c2cc(O)c(O)c(O)c2)c(-c2cc(O)c(OC)cc2C(=O)C(=O)c2cc(O)c(O)c(O)c2)cc1O. The average Bonchev–Trinajstić information content (AvgIpc) is 3.00. The van der Waals surface area contributed by atoms with Gasteiger partial charge in [-0.25, -0.2) is 0 Å². The van der Waals surface area contributed by atoms with E-state index in [0.717, 1.165) is 38.5 Å². The first-order chi connectivity index (χ1) is 20.7. The molecule has 0 atom stereocenters. The zero-order valence-electron chi connectivity index (χ0n) is 22.6. The van der Waals surface area contributed by atoms with Crippen LogP contribution in [0.25, 0.3) is 11.1 Å². The van der Waals surface area contributed by atoms with Crippen molar-refractivity contribution in [3.8, 4) is 68.6 Å². The molecule has 0 aliphatic rings. The van der Waals surface area contributed by atoms with Crippen LogP contribution in [-0.4, -0.2) is 78.2 Å². The molecule has 0 bridgehead atoms. The molecule has 0 spiro atoms. The number of phenols is 8. The maximum Gasteiger partial charge on any atom is 0.234 e. The molecule has 0 aliphatic carbocycles. The molecule has 0 aromatic heterocycles. The number of phenolic OH excluding ortho intramolecular Hbond substituents is 8. The minimum absolute atomic E-state index is 0.307. The molecule has 14 heteroatoms. The lowest BCUT2D eigenvalue weighted by molar-refractivity contribution is 0.0815. The number of ether oxygens (including phenoxy) is 2. The normalized spacial score (nSPS) is 10.7. The van der Waals surface area contributed by atoms with Gasteiger partial charge in [-0.15, -0.1) is 0 Å². The van der Waals surface area contributed by atoms with Crippen LogP contribution < -0.4 is 9.47 Å². The van der Waals surface area contributed by atoms with Crippen molar-refractivity contribution >= 4 is 23.1 Å². The minimum atomic E-state index is -1.34. The molecule has 0 unspecified atom stereocenters. The minimum Gasteiger partial charge on any atom is -0.504 e. The quantitative estimate of drug-likeness (QED) is 0.0774. The molecular formula is C30H22O14. The predicted molar refractivity (Wildman–Crippen MR) is 149 cm³/mol. The molecule has 4 rings (SSSR count). The van der Waals surface area contributed by atoms with Crippen molar-refractivity contribution in [1.82, 2.24) is 0 Å². The van der Waals surface area contributed by atoms with Gasteiger partial charge in [0.2, 0.25) is 23.1 Å².